The van der Waals surface area contributed by atoms with E-state index in [0.29, 0.717) is 26.3 Å². The highest BCUT2D eigenvalue weighted by Crippen LogP contribution is 2.21. The molecule has 3 rings (SSSR count). The smallest absolute Gasteiger partial charge is 0.321 e. The van der Waals surface area contributed by atoms with E-state index in [1.54, 1.807) is 7.11 Å². The first-order valence-corrected chi connectivity index (χ1v) is 9.32. The average molecular weight is 390 g/mol. The van der Waals surface area contributed by atoms with Gasteiger partial charge >= 0.3 is 6.03 Å². The van der Waals surface area contributed by atoms with Gasteiger partial charge in [-0.05, 0) is 42.5 Å². The van der Waals surface area contributed by atoms with Crippen LogP contribution in [0.25, 0.3) is 0 Å². The molecule has 2 amide bonds. The van der Waals surface area contributed by atoms with Gasteiger partial charge in [-0.3, -0.25) is 0 Å². The quantitative estimate of drug-likeness (QED) is 0.765. The van der Waals surface area contributed by atoms with Gasteiger partial charge in [-0.15, -0.1) is 0 Å². The van der Waals surface area contributed by atoms with Crippen LogP contribution < -0.4 is 15.0 Å². The third-order valence-corrected chi connectivity index (χ3v) is 4.64. The molecule has 0 saturated carbocycles. The number of piperazine rings is 1. The highest BCUT2D eigenvalue weighted by Gasteiger charge is 2.21. The standard InChI is InChI=1S/C20H24ClN3O3/c1-26-13-14-27-19-7-5-17(6-8-19)22-20(25)24-11-9-23(10-12-24)18-4-2-3-16(21)15-18/h2-8,15H,9-14H2,1H3,(H,22,25). The summed E-state index contributed by atoms with van der Waals surface area (Å²) >= 11 is 6.06. The fraction of sp³-hybridized carbons (Fsp3) is 0.350. The lowest BCUT2D eigenvalue weighted by atomic mass is 10.2. The second kappa shape index (κ2) is 9.48. The third-order valence-electron chi connectivity index (χ3n) is 4.40. The Labute approximate surface area is 164 Å². The van der Waals surface area contributed by atoms with Gasteiger partial charge in [0, 0.05) is 49.7 Å². The second-order valence-electron chi connectivity index (χ2n) is 6.25. The molecule has 0 bridgehead atoms. The number of carbonyl (C=O) groups excluding carboxylic acids is 1. The number of benzene rings is 2. The maximum Gasteiger partial charge on any atom is 0.321 e. The molecular weight excluding hydrogens is 366 g/mol. The maximum atomic E-state index is 12.5. The Kier molecular flexibility index (Phi) is 6.79. The van der Waals surface area contributed by atoms with E-state index in [-0.39, 0.29) is 6.03 Å². The number of nitrogens with zero attached hydrogens (tertiary/aromatic N) is 2. The normalized spacial score (nSPS) is 14.1. The van der Waals surface area contributed by atoms with Crippen molar-refractivity contribution in [1.29, 1.82) is 0 Å². The molecule has 2 aromatic carbocycles. The van der Waals surface area contributed by atoms with Crippen molar-refractivity contribution in [2.75, 3.05) is 56.7 Å². The Bertz CT molecular complexity index is 746. The summed E-state index contributed by atoms with van der Waals surface area (Å²) in [6.07, 6.45) is 0. The molecule has 0 spiro atoms. The molecule has 1 fully saturated rings. The van der Waals surface area contributed by atoms with Gasteiger partial charge < -0.3 is 24.6 Å². The minimum atomic E-state index is -0.0891. The molecule has 144 valence electrons. The molecule has 0 radical (unpaired) electrons. The van der Waals surface area contributed by atoms with Gasteiger partial charge in [0.05, 0.1) is 6.61 Å². The van der Waals surface area contributed by atoms with Crippen LogP contribution in [0.1, 0.15) is 0 Å². The maximum absolute atomic E-state index is 12.5. The van der Waals surface area contributed by atoms with Gasteiger partial charge in [0.2, 0.25) is 0 Å². The minimum Gasteiger partial charge on any atom is -0.491 e. The number of urea groups is 1. The zero-order chi connectivity index (χ0) is 19.1. The fourth-order valence-electron chi connectivity index (χ4n) is 2.92. The van der Waals surface area contributed by atoms with Crippen LogP contribution >= 0.6 is 11.6 Å². The molecule has 0 aromatic heterocycles. The number of hydrogen-bond donors (Lipinski definition) is 1. The number of amides is 2. The van der Waals surface area contributed by atoms with Gasteiger partial charge in [0.15, 0.2) is 0 Å². The van der Waals surface area contributed by atoms with Crippen molar-refractivity contribution in [2.24, 2.45) is 0 Å². The first-order chi connectivity index (χ1) is 13.2. The summed E-state index contributed by atoms with van der Waals surface area (Å²) in [4.78, 5) is 16.5. The zero-order valence-electron chi connectivity index (χ0n) is 15.4. The summed E-state index contributed by atoms with van der Waals surface area (Å²) in [5.41, 5.74) is 1.84. The number of methoxy groups -OCH3 is 1. The average Bonchev–Trinajstić information content (AvgIpc) is 2.69. The van der Waals surface area contributed by atoms with Gasteiger partial charge in [-0.1, -0.05) is 17.7 Å². The molecule has 0 unspecified atom stereocenters. The van der Waals surface area contributed by atoms with E-state index in [0.717, 1.165) is 35.2 Å². The van der Waals surface area contributed by atoms with Crippen LogP contribution in [-0.2, 0) is 4.74 Å². The van der Waals surface area contributed by atoms with E-state index in [4.69, 9.17) is 21.1 Å². The first-order valence-electron chi connectivity index (χ1n) is 8.94. The van der Waals surface area contributed by atoms with Crippen molar-refractivity contribution < 1.29 is 14.3 Å². The molecule has 0 aliphatic carbocycles. The van der Waals surface area contributed by atoms with Crippen LogP contribution in [-0.4, -0.2) is 57.4 Å². The van der Waals surface area contributed by atoms with Crippen LogP contribution in [0.5, 0.6) is 5.75 Å². The SMILES string of the molecule is COCCOc1ccc(NC(=O)N2CCN(c3cccc(Cl)c3)CC2)cc1. The van der Waals surface area contributed by atoms with Gasteiger partial charge in [-0.2, -0.15) is 0 Å². The Morgan fingerprint density at radius 3 is 2.48 bits per heavy atom. The first kappa shape index (κ1) is 19.3. The Hall–Kier alpha value is -2.44. The molecule has 7 heteroatoms. The van der Waals surface area contributed by atoms with Crippen LogP contribution in [0, 0.1) is 0 Å². The van der Waals surface area contributed by atoms with Crippen molar-refractivity contribution in [3.8, 4) is 5.75 Å². The molecule has 2 aromatic rings. The summed E-state index contributed by atoms with van der Waals surface area (Å²) in [5.74, 6) is 0.750. The van der Waals surface area contributed by atoms with E-state index in [9.17, 15) is 4.79 Å². The van der Waals surface area contributed by atoms with Crippen molar-refractivity contribution in [3.63, 3.8) is 0 Å². The molecule has 1 heterocycles. The number of nitrogens with one attached hydrogen (secondary N) is 1. The van der Waals surface area contributed by atoms with E-state index >= 15 is 0 Å². The number of rotatable bonds is 6. The molecule has 0 atom stereocenters. The van der Waals surface area contributed by atoms with Crippen molar-refractivity contribution >= 4 is 29.0 Å². The predicted octanol–water partition coefficient (Wildman–Crippen LogP) is 3.72. The van der Waals surface area contributed by atoms with Gasteiger partial charge in [0.25, 0.3) is 0 Å². The number of ether oxygens (including phenoxy) is 2. The van der Waals surface area contributed by atoms with E-state index in [2.05, 4.69) is 10.2 Å². The van der Waals surface area contributed by atoms with Crippen molar-refractivity contribution in [1.82, 2.24) is 4.90 Å². The van der Waals surface area contributed by atoms with Gasteiger partial charge in [-0.25, -0.2) is 4.79 Å². The summed E-state index contributed by atoms with van der Waals surface area (Å²) in [7, 11) is 1.64. The van der Waals surface area contributed by atoms with E-state index in [1.165, 1.54) is 0 Å². The molecular formula is C20H24ClN3O3. The largest absolute Gasteiger partial charge is 0.491 e. The third kappa shape index (κ3) is 5.52. The number of halogens is 1. The van der Waals surface area contributed by atoms with Crippen LogP contribution in [0.2, 0.25) is 5.02 Å². The van der Waals surface area contributed by atoms with E-state index in [1.807, 2.05) is 53.4 Å². The molecule has 1 aliphatic heterocycles. The monoisotopic (exact) mass is 389 g/mol. The lowest BCUT2D eigenvalue weighted by molar-refractivity contribution is 0.146. The Morgan fingerprint density at radius 2 is 1.81 bits per heavy atom. The summed E-state index contributed by atoms with van der Waals surface area (Å²) in [6, 6.07) is 15.1. The highest BCUT2D eigenvalue weighted by molar-refractivity contribution is 6.30. The van der Waals surface area contributed by atoms with Crippen LogP contribution in [0.4, 0.5) is 16.2 Å². The van der Waals surface area contributed by atoms with Crippen LogP contribution in [0.3, 0.4) is 0 Å². The molecule has 27 heavy (non-hydrogen) atoms. The topological polar surface area (TPSA) is 54.0 Å². The Balaban J connectivity index is 1.48. The zero-order valence-corrected chi connectivity index (χ0v) is 16.1. The summed E-state index contributed by atoms with van der Waals surface area (Å²) in [5, 5.41) is 3.66. The molecule has 1 aliphatic rings. The highest BCUT2D eigenvalue weighted by atomic mass is 35.5. The fourth-order valence-corrected chi connectivity index (χ4v) is 3.10. The predicted molar refractivity (Wildman–Crippen MR) is 108 cm³/mol. The molecule has 6 nitrogen and oxygen atoms in total. The van der Waals surface area contributed by atoms with Crippen molar-refractivity contribution in [2.45, 2.75) is 0 Å². The van der Waals surface area contributed by atoms with Crippen LogP contribution in [0.15, 0.2) is 48.5 Å². The van der Waals surface area contributed by atoms with Crippen molar-refractivity contribution in [3.05, 3.63) is 53.6 Å². The number of hydrogen-bond acceptors (Lipinski definition) is 4. The summed E-state index contributed by atoms with van der Waals surface area (Å²) in [6.45, 7) is 3.92. The molecule has 1 saturated heterocycles. The number of carbonyl (C=O) groups is 1. The lowest BCUT2D eigenvalue weighted by Crippen LogP contribution is -2.50. The van der Waals surface area contributed by atoms with E-state index < -0.39 is 0 Å². The second-order valence-corrected chi connectivity index (χ2v) is 6.69. The Morgan fingerprint density at radius 1 is 1.07 bits per heavy atom. The lowest BCUT2D eigenvalue weighted by Gasteiger charge is -2.36. The number of anilines is 2. The minimum absolute atomic E-state index is 0.0891. The summed E-state index contributed by atoms with van der Waals surface area (Å²) < 4.78 is 10.5. The molecule has 1 N–H and O–H groups in total. The van der Waals surface area contributed by atoms with Gasteiger partial charge in [0.1, 0.15) is 12.4 Å².